The molecular weight excluding hydrogens is 356 g/mol. The molecule has 0 atom stereocenters. The number of carbonyl (C=O) groups excluding carboxylic acids is 1. The fourth-order valence-electron chi connectivity index (χ4n) is 3.38. The molecular formula is C20H22N6O2. The van der Waals surface area contributed by atoms with Crippen molar-refractivity contribution in [1.82, 2.24) is 30.0 Å². The molecule has 28 heavy (non-hydrogen) atoms. The molecule has 144 valence electrons. The van der Waals surface area contributed by atoms with E-state index in [1.165, 1.54) is 0 Å². The minimum Gasteiger partial charge on any atom is -0.343 e. The zero-order valence-electron chi connectivity index (χ0n) is 15.8. The lowest BCUT2D eigenvalue weighted by molar-refractivity contribution is -0.132. The molecule has 4 heterocycles. The first-order chi connectivity index (χ1) is 13.7. The number of pyridine rings is 1. The monoisotopic (exact) mass is 378 g/mol. The van der Waals surface area contributed by atoms with Gasteiger partial charge in [-0.1, -0.05) is 11.2 Å². The highest BCUT2D eigenvalue weighted by Gasteiger charge is 2.25. The van der Waals surface area contributed by atoms with Crippen molar-refractivity contribution in [3.63, 3.8) is 0 Å². The lowest BCUT2D eigenvalue weighted by Gasteiger charge is -2.31. The molecule has 0 aliphatic carbocycles. The summed E-state index contributed by atoms with van der Waals surface area (Å²) in [4.78, 5) is 31.9. The van der Waals surface area contributed by atoms with Crippen LogP contribution in [0.25, 0.3) is 11.5 Å². The average molecular weight is 378 g/mol. The van der Waals surface area contributed by atoms with E-state index >= 15 is 0 Å². The lowest BCUT2D eigenvalue weighted by Crippen LogP contribution is -2.38. The maximum Gasteiger partial charge on any atom is 0.227 e. The van der Waals surface area contributed by atoms with Crippen LogP contribution in [0.4, 0.5) is 0 Å². The zero-order chi connectivity index (χ0) is 19.3. The number of amides is 1. The summed E-state index contributed by atoms with van der Waals surface area (Å²) < 4.78 is 5.25. The van der Waals surface area contributed by atoms with Crippen molar-refractivity contribution < 1.29 is 9.32 Å². The third-order valence-corrected chi connectivity index (χ3v) is 4.94. The molecule has 0 aromatic carbocycles. The van der Waals surface area contributed by atoms with Crippen LogP contribution in [0, 0.1) is 6.92 Å². The first kappa shape index (κ1) is 18.2. The molecule has 1 aliphatic heterocycles. The van der Waals surface area contributed by atoms with Gasteiger partial charge in [-0.25, -0.2) is 9.97 Å². The van der Waals surface area contributed by atoms with Crippen molar-refractivity contribution in [3.05, 3.63) is 54.1 Å². The van der Waals surface area contributed by atoms with Gasteiger partial charge < -0.3 is 9.42 Å². The van der Waals surface area contributed by atoms with E-state index in [1.54, 1.807) is 12.4 Å². The molecule has 0 saturated carbocycles. The summed E-state index contributed by atoms with van der Waals surface area (Å²) in [7, 11) is 0. The van der Waals surface area contributed by atoms with Gasteiger partial charge in [-0.15, -0.1) is 0 Å². The average Bonchev–Trinajstić information content (AvgIpc) is 3.22. The molecule has 0 N–H and O–H groups in total. The molecule has 3 aromatic heterocycles. The molecule has 8 heteroatoms. The van der Waals surface area contributed by atoms with Crippen LogP contribution >= 0.6 is 0 Å². The summed E-state index contributed by atoms with van der Waals surface area (Å²) in [5, 5.41) is 3.94. The molecule has 0 radical (unpaired) electrons. The minimum atomic E-state index is 0.112. The third-order valence-electron chi connectivity index (χ3n) is 4.94. The number of aromatic nitrogens is 5. The van der Waals surface area contributed by atoms with Crippen molar-refractivity contribution in [3.8, 4) is 11.5 Å². The van der Waals surface area contributed by atoms with Gasteiger partial charge in [0.1, 0.15) is 11.5 Å². The van der Waals surface area contributed by atoms with E-state index in [0.717, 1.165) is 37.4 Å². The highest BCUT2D eigenvalue weighted by Crippen LogP contribution is 2.26. The Morgan fingerprint density at radius 3 is 2.75 bits per heavy atom. The number of nitrogens with zero attached hydrogens (tertiary/aromatic N) is 6. The summed E-state index contributed by atoms with van der Waals surface area (Å²) in [5.74, 6) is 2.22. The van der Waals surface area contributed by atoms with Crippen LogP contribution in [0.2, 0.25) is 0 Å². The van der Waals surface area contributed by atoms with Gasteiger partial charge in [0.25, 0.3) is 0 Å². The van der Waals surface area contributed by atoms with Crippen molar-refractivity contribution in [1.29, 1.82) is 0 Å². The standard InChI is InChI=1S/C20H22N6O2/c1-14-7-11-22-19(23-14)15-8-12-26(13-9-15)18(27)6-5-17-24-20(25-28-17)16-4-2-3-10-21-16/h2-4,7,10-11,15H,5-6,8-9,12-13H2,1H3. The summed E-state index contributed by atoms with van der Waals surface area (Å²) >= 11 is 0. The molecule has 1 fully saturated rings. The van der Waals surface area contributed by atoms with Crippen molar-refractivity contribution in [2.45, 2.75) is 38.5 Å². The second kappa shape index (κ2) is 8.24. The Hall–Kier alpha value is -3.16. The highest BCUT2D eigenvalue weighted by molar-refractivity contribution is 5.76. The predicted octanol–water partition coefficient (Wildman–Crippen LogP) is 2.57. The molecule has 1 saturated heterocycles. The van der Waals surface area contributed by atoms with Crippen molar-refractivity contribution in [2.75, 3.05) is 13.1 Å². The maximum absolute atomic E-state index is 12.5. The number of aryl methyl sites for hydroxylation is 2. The molecule has 0 bridgehead atoms. The van der Waals surface area contributed by atoms with E-state index in [2.05, 4.69) is 25.1 Å². The second-order valence-electron chi connectivity index (χ2n) is 6.94. The van der Waals surface area contributed by atoms with E-state index in [9.17, 15) is 4.79 Å². The first-order valence-corrected chi connectivity index (χ1v) is 9.50. The van der Waals surface area contributed by atoms with Gasteiger partial charge in [0.15, 0.2) is 0 Å². The Kier molecular flexibility index (Phi) is 5.36. The first-order valence-electron chi connectivity index (χ1n) is 9.50. The van der Waals surface area contributed by atoms with E-state index in [1.807, 2.05) is 36.1 Å². The van der Waals surface area contributed by atoms with Gasteiger partial charge in [-0.2, -0.15) is 4.98 Å². The quantitative estimate of drug-likeness (QED) is 0.673. The second-order valence-corrected chi connectivity index (χ2v) is 6.94. The van der Waals surface area contributed by atoms with Crippen LogP contribution < -0.4 is 0 Å². The van der Waals surface area contributed by atoms with Crippen LogP contribution in [0.5, 0.6) is 0 Å². The number of likely N-dealkylation sites (tertiary alicyclic amines) is 1. The summed E-state index contributed by atoms with van der Waals surface area (Å²) in [6.07, 6.45) is 6.05. The fourth-order valence-corrected chi connectivity index (χ4v) is 3.38. The largest absolute Gasteiger partial charge is 0.343 e. The maximum atomic E-state index is 12.5. The van der Waals surface area contributed by atoms with Gasteiger partial charge >= 0.3 is 0 Å². The molecule has 8 nitrogen and oxygen atoms in total. The van der Waals surface area contributed by atoms with Crippen LogP contribution in [0.3, 0.4) is 0 Å². The molecule has 1 amide bonds. The topological polar surface area (TPSA) is 97.9 Å². The number of hydrogen-bond acceptors (Lipinski definition) is 7. The molecule has 4 rings (SSSR count). The zero-order valence-corrected chi connectivity index (χ0v) is 15.8. The van der Waals surface area contributed by atoms with Crippen molar-refractivity contribution >= 4 is 5.91 Å². The molecule has 1 aliphatic rings. The van der Waals surface area contributed by atoms with Gasteiger partial charge in [0.2, 0.25) is 17.6 Å². The number of carbonyl (C=O) groups is 1. The third kappa shape index (κ3) is 4.21. The Bertz CT molecular complexity index is 935. The molecule has 3 aromatic rings. The number of rotatable bonds is 5. The predicted molar refractivity (Wildman–Crippen MR) is 101 cm³/mol. The van der Waals surface area contributed by atoms with E-state index in [4.69, 9.17) is 4.52 Å². The molecule has 0 spiro atoms. The van der Waals surface area contributed by atoms with E-state index in [0.29, 0.717) is 36.2 Å². The van der Waals surface area contributed by atoms with Crippen molar-refractivity contribution in [2.24, 2.45) is 0 Å². The van der Waals surface area contributed by atoms with Crippen LogP contribution in [-0.2, 0) is 11.2 Å². The normalized spacial score (nSPS) is 15.0. The Morgan fingerprint density at radius 1 is 1.14 bits per heavy atom. The Morgan fingerprint density at radius 2 is 2.00 bits per heavy atom. The van der Waals surface area contributed by atoms with Gasteiger partial charge in [-0.3, -0.25) is 9.78 Å². The fraction of sp³-hybridized carbons (Fsp3) is 0.400. The molecule has 0 unspecified atom stereocenters. The Balaban J connectivity index is 1.28. The van der Waals surface area contributed by atoms with E-state index < -0.39 is 0 Å². The summed E-state index contributed by atoms with van der Waals surface area (Å²) in [6.45, 7) is 3.42. The SMILES string of the molecule is Cc1ccnc(C2CCN(C(=O)CCc3nc(-c4ccccn4)no3)CC2)n1. The van der Waals surface area contributed by atoms with Crippen LogP contribution in [-0.4, -0.2) is 49.0 Å². The van der Waals surface area contributed by atoms with Crippen LogP contribution in [0.15, 0.2) is 41.2 Å². The van der Waals surface area contributed by atoms with Crippen LogP contribution in [0.1, 0.15) is 42.6 Å². The lowest BCUT2D eigenvalue weighted by atomic mass is 9.95. The van der Waals surface area contributed by atoms with Gasteiger partial charge in [-0.05, 0) is 38.0 Å². The summed E-state index contributed by atoms with van der Waals surface area (Å²) in [6, 6.07) is 7.42. The van der Waals surface area contributed by atoms with Gasteiger partial charge in [0.05, 0.1) is 0 Å². The minimum absolute atomic E-state index is 0.112. The van der Waals surface area contributed by atoms with Gasteiger partial charge in [0, 0.05) is 49.9 Å². The summed E-state index contributed by atoms with van der Waals surface area (Å²) in [5.41, 5.74) is 1.64. The van der Waals surface area contributed by atoms with E-state index in [-0.39, 0.29) is 5.91 Å². The number of hydrogen-bond donors (Lipinski definition) is 0. The smallest absolute Gasteiger partial charge is 0.227 e. The Labute approximate surface area is 163 Å². The highest BCUT2D eigenvalue weighted by atomic mass is 16.5. The number of piperidine rings is 1.